The number of para-hydroxylation sites is 2. The topological polar surface area (TPSA) is 69.0 Å². The quantitative estimate of drug-likeness (QED) is 0.499. The Kier molecular flexibility index (Phi) is 7.55. The number of halogens is 1. The first kappa shape index (κ1) is 21.2. The van der Waals surface area contributed by atoms with Gasteiger partial charge in [-0.1, -0.05) is 47.6 Å². The van der Waals surface area contributed by atoms with Crippen LogP contribution in [0.15, 0.2) is 53.7 Å². The summed E-state index contributed by atoms with van der Waals surface area (Å²) in [6.07, 6.45) is 0.659. The van der Waals surface area contributed by atoms with Crippen molar-refractivity contribution in [2.75, 3.05) is 17.7 Å². The Balaban J connectivity index is 1.62. The van der Waals surface area contributed by atoms with E-state index in [1.165, 1.54) is 11.8 Å². The molecule has 29 heavy (non-hydrogen) atoms. The molecule has 0 unspecified atom stereocenters. The van der Waals surface area contributed by atoms with Crippen LogP contribution in [0.2, 0.25) is 5.02 Å². The van der Waals surface area contributed by atoms with Crippen LogP contribution in [0.3, 0.4) is 0 Å². The summed E-state index contributed by atoms with van der Waals surface area (Å²) in [5, 5.41) is 12.9. The van der Waals surface area contributed by atoms with Crippen molar-refractivity contribution in [2.24, 2.45) is 0 Å². The summed E-state index contributed by atoms with van der Waals surface area (Å²) in [5.41, 5.74) is 1.78. The molecular formula is C21H23ClN4O2S. The van der Waals surface area contributed by atoms with Gasteiger partial charge < -0.3 is 14.6 Å². The van der Waals surface area contributed by atoms with E-state index in [1.807, 2.05) is 66.9 Å². The Bertz CT molecular complexity index is 960. The van der Waals surface area contributed by atoms with Crippen LogP contribution in [0.4, 0.5) is 5.69 Å². The third-order valence-electron chi connectivity index (χ3n) is 4.18. The van der Waals surface area contributed by atoms with Crippen LogP contribution in [0.5, 0.6) is 5.75 Å². The van der Waals surface area contributed by atoms with Crippen molar-refractivity contribution in [3.63, 3.8) is 0 Å². The minimum atomic E-state index is -0.118. The molecular weight excluding hydrogens is 408 g/mol. The molecule has 152 valence electrons. The molecule has 0 bridgehead atoms. The smallest absolute Gasteiger partial charge is 0.234 e. The molecule has 0 saturated carbocycles. The molecule has 0 spiro atoms. The predicted octanol–water partition coefficient (Wildman–Crippen LogP) is 4.67. The number of ether oxygens (including phenoxy) is 1. The van der Waals surface area contributed by atoms with Gasteiger partial charge in [0, 0.05) is 18.0 Å². The molecule has 0 saturated heterocycles. The number of anilines is 1. The zero-order valence-electron chi connectivity index (χ0n) is 16.4. The molecule has 0 aliphatic carbocycles. The van der Waals surface area contributed by atoms with E-state index in [0.717, 1.165) is 23.1 Å². The van der Waals surface area contributed by atoms with E-state index in [4.69, 9.17) is 16.3 Å². The number of aromatic nitrogens is 3. The highest BCUT2D eigenvalue weighted by Gasteiger charge is 2.14. The van der Waals surface area contributed by atoms with Crippen LogP contribution in [0.25, 0.3) is 0 Å². The third-order valence-corrected chi connectivity index (χ3v) is 5.40. The Morgan fingerprint density at radius 1 is 1.14 bits per heavy atom. The summed E-state index contributed by atoms with van der Waals surface area (Å²) >= 11 is 7.32. The number of carbonyl (C=O) groups is 1. The number of carbonyl (C=O) groups excluding carboxylic acids is 1. The van der Waals surface area contributed by atoms with E-state index in [-0.39, 0.29) is 11.7 Å². The molecule has 1 aromatic heterocycles. The van der Waals surface area contributed by atoms with Crippen molar-refractivity contribution in [2.45, 2.75) is 32.0 Å². The third kappa shape index (κ3) is 5.74. The summed E-state index contributed by atoms with van der Waals surface area (Å²) in [5.74, 6) is 1.64. The molecule has 0 radical (unpaired) electrons. The average Bonchev–Trinajstić information content (AvgIpc) is 3.11. The van der Waals surface area contributed by atoms with E-state index < -0.39 is 0 Å². The van der Waals surface area contributed by atoms with Crippen molar-refractivity contribution in [3.8, 4) is 5.75 Å². The van der Waals surface area contributed by atoms with E-state index in [9.17, 15) is 4.79 Å². The van der Waals surface area contributed by atoms with Crippen molar-refractivity contribution in [1.29, 1.82) is 0 Å². The zero-order valence-corrected chi connectivity index (χ0v) is 18.0. The SMILES string of the molecule is CCOc1ccccc1NC(=O)CSc1nnc(Cc2ccc(Cl)cc2)n1CC. The van der Waals surface area contributed by atoms with E-state index in [2.05, 4.69) is 15.5 Å². The first-order chi connectivity index (χ1) is 14.1. The fraction of sp³-hybridized carbons (Fsp3) is 0.286. The molecule has 1 N–H and O–H groups in total. The van der Waals surface area contributed by atoms with Crippen LogP contribution in [0, 0.1) is 0 Å². The van der Waals surface area contributed by atoms with Gasteiger partial charge in [-0.15, -0.1) is 10.2 Å². The standard InChI is InChI=1S/C21H23ClN4O2S/c1-3-26-19(13-15-9-11-16(22)12-10-15)24-25-21(26)29-14-20(27)23-17-7-5-6-8-18(17)28-4-2/h5-12H,3-4,13-14H2,1-2H3,(H,23,27). The van der Waals surface area contributed by atoms with Gasteiger partial charge in [-0.3, -0.25) is 4.79 Å². The second-order valence-electron chi connectivity index (χ2n) is 6.21. The first-order valence-electron chi connectivity index (χ1n) is 9.41. The van der Waals surface area contributed by atoms with Crippen molar-refractivity contribution in [3.05, 3.63) is 64.9 Å². The largest absolute Gasteiger partial charge is 0.492 e. The minimum absolute atomic E-state index is 0.118. The number of thioether (sulfide) groups is 1. The number of amides is 1. The fourth-order valence-corrected chi connectivity index (χ4v) is 3.77. The van der Waals surface area contributed by atoms with E-state index >= 15 is 0 Å². The Morgan fingerprint density at radius 2 is 1.90 bits per heavy atom. The fourth-order valence-electron chi connectivity index (χ4n) is 2.83. The molecule has 0 aliphatic rings. The summed E-state index contributed by atoms with van der Waals surface area (Å²) in [6.45, 7) is 5.22. The number of hydrogen-bond donors (Lipinski definition) is 1. The molecule has 6 nitrogen and oxygen atoms in total. The molecule has 1 amide bonds. The van der Waals surface area contributed by atoms with Crippen LogP contribution in [-0.2, 0) is 17.8 Å². The summed E-state index contributed by atoms with van der Waals surface area (Å²) < 4.78 is 7.58. The maximum atomic E-state index is 12.4. The molecule has 0 fully saturated rings. The maximum absolute atomic E-state index is 12.4. The molecule has 2 aromatic carbocycles. The summed E-state index contributed by atoms with van der Waals surface area (Å²) in [4.78, 5) is 12.4. The van der Waals surface area contributed by atoms with Gasteiger partial charge >= 0.3 is 0 Å². The van der Waals surface area contributed by atoms with Crippen LogP contribution >= 0.6 is 23.4 Å². The monoisotopic (exact) mass is 430 g/mol. The number of hydrogen-bond acceptors (Lipinski definition) is 5. The molecule has 3 aromatic rings. The number of nitrogens with one attached hydrogen (secondary N) is 1. The van der Waals surface area contributed by atoms with Gasteiger partial charge in [0.1, 0.15) is 11.6 Å². The Hall–Kier alpha value is -2.51. The average molecular weight is 431 g/mol. The van der Waals surface area contributed by atoms with Crippen LogP contribution in [0.1, 0.15) is 25.2 Å². The van der Waals surface area contributed by atoms with Gasteiger partial charge in [0.15, 0.2) is 5.16 Å². The lowest BCUT2D eigenvalue weighted by Gasteiger charge is -2.11. The molecule has 0 atom stereocenters. The summed E-state index contributed by atoms with van der Waals surface area (Å²) in [7, 11) is 0. The van der Waals surface area contributed by atoms with Gasteiger partial charge in [-0.2, -0.15) is 0 Å². The Morgan fingerprint density at radius 3 is 2.62 bits per heavy atom. The highest BCUT2D eigenvalue weighted by atomic mass is 35.5. The highest BCUT2D eigenvalue weighted by Crippen LogP contribution is 2.25. The van der Waals surface area contributed by atoms with Gasteiger partial charge in [0.2, 0.25) is 5.91 Å². The van der Waals surface area contributed by atoms with Gasteiger partial charge in [-0.25, -0.2) is 0 Å². The van der Waals surface area contributed by atoms with Gasteiger partial charge in [0.05, 0.1) is 18.0 Å². The lowest BCUT2D eigenvalue weighted by molar-refractivity contribution is -0.113. The normalized spacial score (nSPS) is 10.7. The van der Waals surface area contributed by atoms with E-state index in [0.29, 0.717) is 29.5 Å². The predicted molar refractivity (Wildman–Crippen MR) is 117 cm³/mol. The lowest BCUT2D eigenvalue weighted by atomic mass is 10.1. The van der Waals surface area contributed by atoms with Gasteiger partial charge in [-0.05, 0) is 43.7 Å². The Labute approximate surface area is 179 Å². The highest BCUT2D eigenvalue weighted by molar-refractivity contribution is 7.99. The summed E-state index contributed by atoms with van der Waals surface area (Å²) in [6, 6.07) is 15.1. The van der Waals surface area contributed by atoms with E-state index in [1.54, 1.807) is 0 Å². The van der Waals surface area contributed by atoms with Crippen molar-refractivity contribution in [1.82, 2.24) is 14.8 Å². The lowest BCUT2D eigenvalue weighted by Crippen LogP contribution is -2.15. The second-order valence-corrected chi connectivity index (χ2v) is 7.59. The molecule has 8 heteroatoms. The van der Waals surface area contributed by atoms with Crippen LogP contribution < -0.4 is 10.1 Å². The molecule has 0 aliphatic heterocycles. The number of benzene rings is 2. The van der Waals surface area contributed by atoms with Gasteiger partial charge in [0.25, 0.3) is 0 Å². The second kappa shape index (κ2) is 10.3. The molecule has 1 heterocycles. The van der Waals surface area contributed by atoms with Crippen LogP contribution in [-0.4, -0.2) is 33.0 Å². The van der Waals surface area contributed by atoms with Crippen molar-refractivity contribution < 1.29 is 9.53 Å². The zero-order chi connectivity index (χ0) is 20.6. The molecule has 3 rings (SSSR count). The maximum Gasteiger partial charge on any atom is 0.234 e. The first-order valence-corrected chi connectivity index (χ1v) is 10.8. The minimum Gasteiger partial charge on any atom is -0.492 e. The number of rotatable bonds is 9. The number of nitrogens with zero attached hydrogens (tertiary/aromatic N) is 3. The van der Waals surface area contributed by atoms with Crippen molar-refractivity contribution >= 4 is 35.0 Å².